The molecule has 0 N–H and O–H groups in total. The number of carbonyl (C=O) groups is 2. The molecule has 30 heavy (non-hydrogen) atoms. The number of hydrogen-bond donors (Lipinski definition) is 0. The second-order valence-corrected chi connectivity index (χ2v) is 6.71. The molecule has 0 spiro atoms. The average molecular weight is 412 g/mol. The van der Waals surface area contributed by atoms with Crippen molar-refractivity contribution in [1.82, 2.24) is 9.72 Å². The summed E-state index contributed by atoms with van der Waals surface area (Å²) in [5.74, 6) is 1.30. The highest BCUT2D eigenvalue weighted by atomic mass is 16.5. The minimum atomic E-state index is -0.618. The second kappa shape index (κ2) is 8.86. The number of methoxy groups -OCH3 is 1. The van der Waals surface area contributed by atoms with Crippen LogP contribution in [-0.4, -0.2) is 41.8 Å². The third kappa shape index (κ3) is 4.22. The zero-order valence-corrected chi connectivity index (χ0v) is 17.6. The fraction of sp³-hybridized carbons (Fsp3) is 0.318. The molecule has 0 unspecified atom stereocenters. The van der Waals surface area contributed by atoms with Crippen molar-refractivity contribution in [1.29, 1.82) is 0 Å². The normalized spacial score (nSPS) is 10.7. The Labute approximate surface area is 174 Å². The van der Waals surface area contributed by atoms with Crippen molar-refractivity contribution < 1.29 is 28.3 Å². The highest BCUT2D eigenvalue weighted by Gasteiger charge is 2.20. The zero-order chi connectivity index (χ0) is 21.8. The number of rotatable bonds is 8. The number of hydrogen-bond acceptors (Lipinski definition) is 7. The van der Waals surface area contributed by atoms with E-state index in [-0.39, 0.29) is 18.0 Å². The van der Waals surface area contributed by atoms with Crippen LogP contribution in [0.2, 0.25) is 0 Å². The fourth-order valence-electron chi connectivity index (χ4n) is 3.22. The maximum Gasteiger partial charge on any atom is 0.338 e. The lowest BCUT2D eigenvalue weighted by atomic mass is 10.1. The summed E-state index contributed by atoms with van der Waals surface area (Å²) in [6.07, 6.45) is 0. The standard InChI is InChI=1S/C22H24N2O6/c1-6-28-20-11-16(7-8-19(20)27-5)22(26)29-12-18(25)17-9-13(2)24(15(17)4)21-10-14(3)30-23-21/h7-11H,6,12H2,1-5H3. The minimum absolute atomic E-state index is 0.274. The summed E-state index contributed by atoms with van der Waals surface area (Å²) in [6.45, 7) is 7.35. The van der Waals surface area contributed by atoms with Crippen LogP contribution in [0.1, 0.15) is 44.8 Å². The number of Topliss-reactive ketones (excluding diaryl/α,β-unsaturated/α-hetero) is 1. The van der Waals surface area contributed by atoms with Crippen molar-refractivity contribution in [2.24, 2.45) is 0 Å². The van der Waals surface area contributed by atoms with Gasteiger partial charge in [0.05, 0.1) is 19.3 Å². The Morgan fingerprint density at radius 3 is 2.50 bits per heavy atom. The summed E-state index contributed by atoms with van der Waals surface area (Å²) in [6, 6.07) is 8.25. The molecule has 2 heterocycles. The van der Waals surface area contributed by atoms with E-state index in [1.807, 2.05) is 25.3 Å². The van der Waals surface area contributed by atoms with E-state index in [0.717, 1.165) is 5.69 Å². The third-order valence-corrected chi connectivity index (χ3v) is 4.61. The van der Waals surface area contributed by atoms with Gasteiger partial charge in [0, 0.05) is 23.0 Å². The number of carbonyl (C=O) groups excluding carboxylic acids is 2. The number of esters is 1. The first kappa shape index (κ1) is 21.2. The van der Waals surface area contributed by atoms with Gasteiger partial charge in [-0.15, -0.1) is 0 Å². The largest absolute Gasteiger partial charge is 0.493 e. The molecule has 0 aliphatic heterocycles. The summed E-state index contributed by atoms with van der Waals surface area (Å²) < 4.78 is 22.9. The number of nitrogens with zero attached hydrogens (tertiary/aromatic N) is 2. The maximum atomic E-state index is 12.7. The topological polar surface area (TPSA) is 92.8 Å². The van der Waals surface area contributed by atoms with Gasteiger partial charge in [-0.25, -0.2) is 4.79 Å². The van der Waals surface area contributed by atoms with E-state index in [9.17, 15) is 9.59 Å². The van der Waals surface area contributed by atoms with Crippen LogP contribution in [0.3, 0.4) is 0 Å². The van der Waals surface area contributed by atoms with Crippen molar-refractivity contribution in [3.63, 3.8) is 0 Å². The molecule has 8 nitrogen and oxygen atoms in total. The van der Waals surface area contributed by atoms with Crippen molar-refractivity contribution in [3.05, 3.63) is 58.6 Å². The molecule has 0 saturated heterocycles. The molecule has 8 heteroatoms. The molecule has 2 aromatic heterocycles. The van der Waals surface area contributed by atoms with Gasteiger partial charge in [-0.3, -0.25) is 9.36 Å². The van der Waals surface area contributed by atoms with Crippen LogP contribution in [0.5, 0.6) is 11.5 Å². The Morgan fingerprint density at radius 1 is 1.10 bits per heavy atom. The van der Waals surface area contributed by atoms with E-state index in [0.29, 0.717) is 40.9 Å². The first-order valence-corrected chi connectivity index (χ1v) is 9.49. The molecule has 3 aromatic rings. The van der Waals surface area contributed by atoms with Crippen molar-refractivity contribution in [2.75, 3.05) is 20.3 Å². The van der Waals surface area contributed by atoms with Gasteiger partial charge in [0.1, 0.15) is 5.76 Å². The number of ketones is 1. The van der Waals surface area contributed by atoms with Crippen molar-refractivity contribution in [3.8, 4) is 17.3 Å². The Morgan fingerprint density at radius 2 is 1.87 bits per heavy atom. The Balaban J connectivity index is 1.73. The van der Waals surface area contributed by atoms with E-state index >= 15 is 0 Å². The fourth-order valence-corrected chi connectivity index (χ4v) is 3.22. The highest BCUT2D eigenvalue weighted by Crippen LogP contribution is 2.28. The third-order valence-electron chi connectivity index (χ3n) is 4.61. The summed E-state index contributed by atoms with van der Waals surface area (Å²) >= 11 is 0. The van der Waals surface area contributed by atoms with Crippen LogP contribution in [0.4, 0.5) is 0 Å². The molecule has 0 amide bonds. The summed E-state index contributed by atoms with van der Waals surface area (Å²) in [4.78, 5) is 25.1. The van der Waals surface area contributed by atoms with E-state index in [2.05, 4.69) is 5.16 Å². The summed E-state index contributed by atoms with van der Waals surface area (Å²) in [7, 11) is 1.52. The monoisotopic (exact) mass is 412 g/mol. The van der Waals surface area contributed by atoms with Gasteiger partial charge in [-0.05, 0) is 52.0 Å². The Hall–Kier alpha value is -3.55. The van der Waals surface area contributed by atoms with Crippen LogP contribution in [-0.2, 0) is 4.74 Å². The molecule has 3 rings (SSSR count). The number of aromatic nitrogens is 2. The molecule has 1 aromatic carbocycles. The molecule has 158 valence electrons. The molecule has 0 bridgehead atoms. The lowest BCUT2D eigenvalue weighted by Gasteiger charge is -2.11. The van der Waals surface area contributed by atoms with Gasteiger partial charge in [-0.2, -0.15) is 0 Å². The molecular weight excluding hydrogens is 388 g/mol. The van der Waals surface area contributed by atoms with Crippen molar-refractivity contribution >= 4 is 11.8 Å². The van der Waals surface area contributed by atoms with Crippen LogP contribution in [0.25, 0.3) is 5.82 Å². The number of ether oxygens (including phenoxy) is 3. The lowest BCUT2D eigenvalue weighted by molar-refractivity contribution is 0.0474. The average Bonchev–Trinajstić information content (AvgIpc) is 3.28. The van der Waals surface area contributed by atoms with E-state index < -0.39 is 5.97 Å². The zero-order valence-electron chi connectivity index (χ0n) is 17.6. The molecule has 0 saturated carbocycles. The van der Waals surface area contributed by atoms with Gasteiger partial charge in [0.2, 0.25) is 5.78 Å². The van der Waals surface area contributed by atoms with Gasteiger partial charge in [-0.1, -0.05) is 5.16 Å². The van der Waals surface area contributed by atoms with Crippen molar-refractivity contribution in [2.45, 2.75) is 27.7 Å². The molecule has 0 radical (unpaired) electrons. The van der Waals surface area contributed by atoms with Gasteiger partial charge >= 0.3 is 5.97 Å². The Kier molecular flexibility index (Phi) is 6.25. The minimum Gasteiger partial charge on any atom is -0.493 e. The lowest BCUT2D eigenvalue weighted by Crippen LogP contribution is -2.15. The predicted octanol–water partition coefficient (Wildman–Crippen LogP) is 3.84. The number of aryl methyl sites for hydroxylation is 2. The quantitative estimate of drug-likeness (QED) is 0.410. The molecular formula is C22H24N2O6. The summed E-state index contributed by atoms with van der Waals surface area (Å²) in [5.41, 5.74) is 2.26. The van der Waals surface area contributed by atoms with Crippen LogP contribution in [0.15, 0.2) is 34.9 Å². The number of benzene rings is 1. The smallest absolute Gasteiger partial charge is 0.338 e. The highest BCUT2D eigenvalue weighted by molar-refractivity contribution is 6.00. The first-order valence-electron chi connectivity index (χ1n) is 9.49. The summed E-state index contributed by atoms with van der Waals surface area (Å²) in [5, 5.41) is 4.00. The van der Waals surface area contributed by atoms with Crippen LogP contribution >= 0.6 is 0 Å². The molecule has 0 aliphatic carbocycles. The first-order chi connectivity index (χ1) is 14.3. The van der Waals surface area contributed by atoms with Crippen LogP contribution < -0.4 is 9.47 Å². The van der Waals surface area contributed by atoms with E-state index in [4.69, 9.17) is 18.7 Å². The van der Waals surface area contributed by atoms with Gasteiger partial charge in [0.25, 0.3) is 0 Å². The molecule has 0 fully saturated rings. The molecule has 0 atom stereocenters. The SMILES string of the molecule is CCOc1cc(C(=O)OCC(=O)c2cc(C)n(-c3cc(C)on3)c2C)ccc1OC. The predicted molar refractivity (Wildman–Crippen MR) is 109 cm³/mol. The maximum absolute atomic E-state index is 12.7. The second-order valence-electron chi connectivity index (χ2n) is 6.71. The van der Waals surface area contributed by atoms with E-state index in [1.165, 1.54) is 13.2 Å². The van der Waals surface area contributed by atoms with Gasteiger partial charge < -0.3 is 18.7 Å². The molecule has 0 aliphatic rings. The van der Waals surface area contributed by atoms with Gasteiger partial charge in [0.15, 0.2) is 23.9 Å². The van der Waals surface area contributed by atoms with Crippen LogP contribution in [0, 0.1) is 20.8 Å². The van der Waals surface area contributed by atoms with E-state index in [1.54, 1.807) is 31.2 Å². The Bertz CT molecular complexity index is 1080.